The SMILES string of the molecule is CCOC(C#CC(CC(C)C)N(O)C(=O)OC(C)(C)C)OCC. The average Bonchev–Trinajstić information content (AvgIpc) is 2.40. The molecule has 1 N–H and O–H groups in total. The number of nitrogens with zero attached hydrogens (tertiary/aromatic N) is 1. The van der Waals surface area contributed by atoms with Crippen molar-refractivity contribution in [2.24, 2.45) is 5.92 Å². The predicted octanol–water partition coefficient (Wildman–Crippen LogP) is 3.43. The summed E-state index contributed by atoms with van der Waals surface area (Å²) < 4.78 is 15.9. The molecule has 0 saturated carbocycles. The largest absolute Gasteiger partial charge is 0.442 e. The Bertz CT molecular complexity index is 399. The van der Waals surface area contributed by atoms with Gasteiger partial charge in [0.15, 0.2) is 0 Å². The highest BCUT2D eigenvalue weighted by Crippen LogP contribution is 2.14. The van der Waals surface area contributed by atoms with Gasteiger partial charge < -0.3 is 14.2 Å². The topological polar surface area (TPSA) is 68.2 Å². The summed E-state index contributed by atoms with van der Waals surface area (Å²) in [6, 6.07) is -0.687. The number of ether oxygens (including phenoxy) is 3. The van der Waals surface area contributed by atoms with Gasteiger partial charge in [0, 0.05) is 13.2 Å². The maximum atomic E-state index is 12.0. The fourth-order valence-electron chi connectivity index (χ4n) is 1.70. The van der Waals surface area contributed by atoms with Gasteiger partial charge in [0.1, 0.15) is 11.6 Å². The molecule has 6 nitrogen and oxygen atoms in total. The summed E-state index contributed by atoms with van der Waals surface area (Å²) in [7, 11) is 0. The summed E-state index contributed by atoms with van der Waals surface area (Å²) in [4.78, 5) is 12.0. The van der Waals surface area contributed by atoms with Crippen LogP contribution in [0.1, 0.15) is 54.9 Å². The van der Waals surface area contributed by atoms with Crippen LogP contribution in [-0.4, -0.2) is 47.5 Å². The van der Waals surface area contributed by atoms with Crippen molar-refractivity contribution >= 4 is 6.09 Å². The summed E-state index contributed by atoms with van der Waals surface area (Å²) in [6.07, 6.45) is -0.984. The van der Waals surface area contributed by atoms with Gasteiger partial charge in [-0.2, -0.15) is 5.06 Å². The van der Waals surface area contributed by atoms with Gasteiger partial charge >= 0.3 is 6.09 Å². The molecule has 1 unspecified atom stereocenters. The zero-order valence-electron chi connectivity index (χ0n) is 15.4. The van der Waals surface area contributed by atoms with E-state index in [9.17, 15) is 10.0 Å². The van der Waals surface area contributed by atoms with Crippen molar-refractivity contribution < 1.29 is 24.2 Å². The maximum absolute atomic E-state index is 12.0. The van der Waals surface area contributed by atoms with E-state index in [1.54, 1.807) is 20.8 Å². The molecule has 0 heterocycles. The number of hydrogen-bond acceptors (Lipinski definition) is 5. The van der Waals surface area contributed by atoms with Gasteiger partial charge in [-0.25, -0.2) is 4.79 Å². The zero-order valence-corrected chi connectivity index (χ0v) is 15.4. The van der Waals surface area contributed by atoms with Gasteiger partial charge in [-0.05, 0) is 52.9 Å². The fourth-order valence-corrected chi connectivity index (χ4v) is 1.70. The first kappa shape index (κ1) is 21.7. The Balaban J connectivity index is 5.09. The molecule has 0 aromatic heterocycles. The lowest BCUT2D eigenvalue weighted by Crippen LogP contribution is -2.41. The molecule has 6 heteroatoms. The van der Waals surface area contributed by atoms with E-state index in [4.69, 9.17) is 14.2 Å². The first-order valence-corrected chi connectivity index (χ1v) is 8.06. The molecule has 0 bridgehead atoms. The van der Waals surface area contributed by atoms with Crippen molar-refractivity contribution in [3.8, 4) is 11.8 Å². The summed E-state index contributed by atoms with van der Waals surface area (Å²) in [5.41, 5.74) is -0.687. The molecule has 0 aliphatic heterocycles. The molecule has 0 aromatic carbocycles. The first-order chi connectivity index (χ1) is 10.6. The third-order valence-corrected chi connectivity index (χ3v) is 2.57. The van der Waals surface area contributed by atoms with Crippen molar-refractivity contribution in [1.82, 2.24) is 5.06 Å². The van der Waals surface area contributed by atoms with E-state index in [2.05, 4.69) is 11.8 Å². The van der Waals surface area contributed by atoms with Gasteiger partial charge in [-0.15, -0.1) is 0 Å². The molecule has 0 rings (SSSR count). The van der Waals surface area contributed by atoms with Crippen LogP contribution in [0.4, 0.5) is 4.79 Å². The smallest absolute Gasteiger partial charge is 0.435 e. The van der Waals surface area contributed by atoms with Gasteiger partial charge in [0.05, 0.1) is 0 Å². The molecule has 0 aliphatic rings. The summed E-state index contributed by atoms with van der Waals surface area (Å²) in [5, 5.41) is 10.7. The fraction of sp³-hybridized carbons (Fsp3) is 0.824. The molecule has 134 valence electrons. The van der Waals surface area contributed by atoms with Crippen molar-refractivity contribution in [1.29, 1.82) is 0 Å². The molecule has 0 aromatic rings. The second-order valence-electron chi connectivity index (χ2n) is 6.50. The van der Waals surface area contributed by atoms with Gasteiger partial charge in [0.25, 0.3) is 0 Å². The van der Waals surface area contributed by atoms with E-state index in [1.807, 2.05) is 27.7 Å². The van der Waals surface area contributed by atoms with Crippen molar-refractivity contribution in [3.63, 3.8) is 0 Å². The highest BCUT2D eigenvalue weighted by Gasteiger charge is 2.27. The second-order valence-corrected chi connectivity index (χ2v) is 6.50. The molecule has 0 aliphatic carbocycles. The lowest BCUT2D eigenvalue weighted by Gasteiger charge is -2.27. The van der Waals surface area contributed by atoms with Crippen molar-refractivity contribution in [2.45, 2.75) is 72.8 Å². The predicted molar refractivity (Wildman–Crippen MR) is 87.9 cm³/mol. The highest BCUT2D eigenvalue weighted by molar-refractivity contribution is 5.67. The molecular formula is C17H31NO5. The van der Waals surface area contributed by atoms with Crippen LogP contribution < -0.4 is 0 Å². The molecule has 0 fully saturated rings. The molecule has 1 atom stereocenters. The number of rotatable bonds is 7. The van der Waals surface area contributed by atoms with Crippen LogP contribution in [0.2, 0.25) is 0 Å². The molecule has 1 amide bonds. The lowest BCUT2D eigenvalue weighted by molar-refractivity contribution is -0.112. The monoisotopic (exact) mass is 329 g/mol. The van der Waals surface area contributed by atoms with E-state index >= 15 is 0 Å². The lowest BCUT2D eigenvalue weighted by atomic mass is 10.0. The third kappa shape index (κ3) is 10.2. The van der Waals surface area contributed by atoms with Crippen LogP contribution in [0.15, 0.2) is 0 Å². The van der Waals surface area contributed by atoms with Crippen LogP contribution in [0.3, 0.4) is 0 Å². The molecule has 23 heavy (non-hydrogen) atoms. The Hall–Kier alpha value is -1.29. The van der Waals surface area contributed by atoms with Crippen LogP contribution >= 0.6 is 0 Å². The highest BCUT2D eigenvalue weighted by atomic mass is 16.7. The maximum Gasteiger partial charge on any atom is 0.435 e. The van der Waals surface area contributed by atoms with Crippen LogP contribution in [-0.2, 0) is 14.2 Å². The summed E-state index contributed by atoms with van der Waals surface area (Å²) in [5.74, 6) is 5.92. The first-order valence-electron chi connectivity index (χ1n) is 8.06. The standard InChI is InChI=1S/C17H31NO5/c1-8-21-15(22-9-2)11-10-14(12-13(3)4)18(20)16(19)23-17(5,6)7/h13-15,20H,8-9,12H2,1-7H3. The van der Waals surface area contributed by atoms with Crippen LogP contribution in [0.25, 0.3) is 0 Å². The van der Waals surface area contributed by atoms with Crippen molar-refractivity contribution in [2.75, 3.05) is 13.2 Å². The number of hydroxylamine groups is 2. The molecular weight excluding hydrogens is 298 g/mol. The third-order valence-electron chi connectivity index (χ3n) is 2.57. The molecule has 0 radical (unpaired) electrons. The zero-order chi connectivity index (χ0) is 18.0. The number of carbonyl (C=O) groups excluding carboxylic acids is 1. The summed E-state index contributed by atoms with van der Waals surface area (Å²) >= 11 is 0. The van der Waals surface area contributed by atoms with Crippen LogP contribution in [0.5, 0.6) is 0 Å². The molecule has 0 saturated heterocycles. The average molecular weight is 329 g/mol. The van der Waals surface area contributed by atoms with E-state index in [-0.39, 0.29) is 5.92 Å². The van der Waals surface area contributed by atoms with E-state index in [0.717, 1.165) is 0 Å². The Labute approximate surface area is 140 Å². The van der Waals surface area contributed by atoms with E-state index in [0.29, 0.717) is 24.7 Å². The van der Waals surface area contributed by atoms with Gasteiger partial charge in [-0.1, -0.05) is 19.8 Å². The Morgan fingerprint density at radius 3 is 2.04 bits per heavy atom. The minimum absolute atomic E-state index is 0.240. The van der Waals surface area contributed by atoms with Crippen molar-refractivity contribution in [3.05, 3.63) is 0 Å². The molecule has 0 spiro atoms. The minimum atomic E-state index is -0.818. The Morgan fingerprint density at radius 2 is 1.65 bits per heavy atom. The normalized spacial score (nSPS) is 12.8. The summed E-state index contributed by atoms with van der Waals surface area (Å²) in [6.45, 7) is 13.8. The van der Waals surface area contributed by atoms with E-state index < -0.39 is 24.0 Å². The van der Waals surface area contributed by atoms with Gasteiger partial charge in [0.2, 0.25) is 6.29 Å². The Morgan fingerprint density at radius 1 is 1.13 bits per heavy atom. The van der Waals surface area contributed by atoms with Crippen LogP contribution in [0, 0.1) is 17.8 Å². The van der Waals surface area contributed by atoms with Gasteiger partial charge in [-0.3, -0.25) is 5.21 Å². The quantitative estimate of drug-likeness (QED) is 0.335. The Kier molecular flexibility index (Phi) is 9.89. The number of hydrogen-bond donors (Lipinski definition) is 1. The minimum Gasteiger partial charge on any atom is -0.442 e. The van der Waals surface area contributed by atoms with E-state index in [1.165, 1.54) is 0 Å². The number of carbonyl (C=O) groups is 1. The second kappa shape index (κ2) is 10.5. The number of amides is 1.